The number of benzene rings is 2. The molecule has 0 bridgehead atoms. The fraction of sp³-hybridized carbons (Fsp3) is 0.0625. The van der Waals surface area contributed by atoms with Crippen LogP contribution < -0.4 is 4.74 Å². The fourth-order valence-corrected chi connectivity index (χ4v) is 2.32. The number of phenolic OH excluding ortho intramolecular Hbond substituents is 3. The molecule has 112 valence electrons. The highest BCUT2D eigenvalue weighted by molar-refractivity contribution is 5.86. The van der Waals surface area contributed by atoms with Crippen molar-refractivity contribution in [3.63, 3.8) is 0 Å². The number of H-pyrrole nitrogens is 1. The molecule has 22 heavy (non-hydrogen) atoms. The lowest BCUT2D eigenvalue weighted by atomic mass is 10.00. The Morgan fingerprint density at radius 2 is 1.64 bits per heavy atom. The zero-order valence-corrected chi connectivity index (χ0v) is 11.7. The van der Waals surface area contributed by atoms with Crippen LogP contribution in [0.5, 0.6) is 23.0 Å². The third-order valence-corrected chi connectivity index (χ3v) is 3.37. The molecule has 6 heteroatoms. The number of ether oxygens (including phenoxy) is 1. The minimum Gasteiger partial charge on any atom is -0.508 e. The Bertz CT molecular complexity index is 786. The predicted molar refractivity (Wildman–Crippen MR) is 81.0 cm³/mol. The van der Waals surface area contributed by atoms with Gasteiger partial charge in [0.25, 0.3) is 0 Å². The largest absolute Gasteiger partial charge is 0.508 e. The summed E-state index contributed by atoms with van der Waals surface area (Å²) in [5.41, 5.74) is 2.19. The normalized spacial score (nSPS) is 10.6. The molecule has 0 fully saturated rings. The van der Waals surface area contributed by atoms with Gasteiger partial charge in [-0.25, -0.2) is 0 Å². The number of hydrogen-bond acceptors (Lipinski definition) is 5. The summed E-state index contributed by atoms with van der Waals surface area (Å²) in [6.07, 6.45) is 1.60. The molecule has 0 saturated heterocycles. The van der Waals surface area contributed by atoms with Crippen molar-refractivity contribution < 1.29 is 20.1 Å². The van der Waals surface area contributed by atoms with Gasteiger partial charge in [-0.15, -0.1) is 0 Å². The Labute approximate surface area is 126 Å². The number of rotatable bonds is 3. The van der Waals surface area contributed by atoms with Gasteiger partial charge in [-0.3, -0.25) is 5.10 Å². The fourth-order valence-electron chi connectivity index (χ4n) is 2.32. The minimum atomic E-state index is -0.239. The van der Waals surface area contributed by atoms with E-state index in [1.165, 1.54) is 0 Å². The summed E-state index contributed by atoms with van der Waals surface area (Å²) in [5.74, 6) is 0.0291. The van der Waals surface area contributed by atoms with Gasteiger partial charge in [0.05, 0.1) is 24.6 Å². The summed E-state index contributed by atoms with van der Waals surface area (Å²) in [6.45, 7) is 0. The standard InChI is InChI=1S/C16H14N2O4/c1-22-11-4-2-9(3-5-11)12-8-17-18-16(12)15-13(20)6-10(19)7-14(15)21/h2-8,19-21H,1H3,(H,17,18). The Balaban J connectivity index is 2.13. The highest BCUT2D eigenvalue weighted by Crippen LogP contribution is 2.43. The molecule has 0 unspecified atom stereocenters. The first-order valence-corrected chi connectivity index (χ1v) is 6.53. The van der Waals surface area contributed by atoms with Crippen LogP contribution in [0.4, 0.5) is 0 Å². The maximum atomic E-state index is 10.0. The van der Waals surface area contributed by atoms with E-state index in [1.54, 1.807) is 13.3 Å². The number of aromatic amines is 1. The second-order valence-corrected chi connectivity index (χ2v) is 4.75. The van der Waals surface area contributed by atoms with Crippen molar-refractivity contribution in [3.05, 3.63) is 42.6 Å². The molecule has 0 aliphatic rings. The molecule has 0 amide bonds. The molecule has 1 heterocycles. The molecular weight excluding hydrogens is 284 g/mol. The minimum absolute atomic E-state index is 0.182. The van der Waals surface area contributed by atoms with Crippen LogP contribution in [-0.4, -0.2) is 32.6 Å². The molecule has 0 aliphatic heterocycles. The maximum Gasteiger partial charge on any atom is 0.132 e. The molecule has 0 spiro atoms. The van der Waals surface area contributed by atoms with E-state index >= 15 is 0 Å². The highest BCUT2D eigenvalue weighted by atomic mass is 16.5. The van der Waals surface area contributed by atoms with E-state index in [-0.39, 0.29) is 22.8 Å². The van der Waals surface area contributed by atoms with Gasteiger partial charge >= 0.3 is 0 Å². The maximum absolute atomic E-state index is 10.0. The van der Waals surface area contributed by atoms with Gasteiger partial charge in [0, 0.05) is 17.7 Å². The average Bonchev–Trinajstić information content (AvgIpc) is 2.95. The SMILES string of the molecule is COc1ccc(-c2cn[nH]c2-c2c(O)cc(O)cc2O)cc1. The van der Waals surface area contributed by atoms with Gasteiger partial charge in [-0.05, 0) is 17.7 Å². The van der Waals surface area contributed by atoms with Crippen LogP contribution in [0, 0.1) is 0 Å². The molecular formula is C16H14N2O4. The van der Waals surface area contributed by atoms with Crippen molar-refractivity contribution >= 4 is 0 Å². The number of aromatic nitrogens is 2. The number of aromatic hydroxyl groups is 3. The van der Waals surface area contributed by atoms with E-state index in [2.05, 4.69) is 10.2 Å². The lowest BCUT2D eigenvalue weighted by molar-refractivity contribution is 0.415. The monoisotopic (exact) mass is 298 g/mol. The van der Waals surface area contributed by atoms with Gasteiger partial charge in [0.15, 0.2) is 0 Å². The lowest BCUT2D eigenvalue weighted by Crippen LogP contribution is -1.86. The van der Waals surface area contributed by atoms with Gasteiger partial charge in [-0.2, -0.15) is 5.10 Å². The zero-order chi connectivity index (χ0) is 15.7. The molecule has 0 saturated carbocycles. The first-order chi connectivity index (χ1) is 10.6. The number of hydrogen-bond donors (Lipinski definition) is 4. The molecule has 2 aromatic carbocycles. The molecule has 3 rings (SSSR count). The van der Waals surface area contributed by atoms with Gasteiger partial charge in [0.2, 0.25) is 0 Å². The first-order valence-electron chi connectivity index (χ1n) is 6.53. The van der Waals surface area contributed by atoms with Crippen LogP contribution in [0.25, 0.3) is 22.4 Å². The Hall–Kier alpha value is -3.15. The number of phenols is 3. The van der Waals surface area contributed by atoms with Crippen molar-refractivity contribution in [3.8, 4) is 45.4 Å². The van der Waals surface area contributed by atoms with Crippen molar-refractivity contribution in [1.82, 2.24) is 10.2 Å². The van der Waals surface area contributed by atoms with Gasteiger partial charge < -0.3 is 20.1 Å². The average molecular weight is 298 g/mol. The quantitative estimate of drug-likeness (QED) is 0.596. The Kier molecular flexibility index (Phi) is 3.34. The van der Waals surface area contributed by atoms with Crippen LogP contribution in [0.2, 0.25) is 0 Å². The second-order valence-electron chi connectivity index (χ2n) is 4.75. The molecule has 0 atom stereocenters. The van der Waals surface area contributed by atoms with Crippen LogP contribution >= 0.6 is 0 Å². The molecule has 4 N–H and O–H groups in total. The van der Waals surface area contributed by atoms with Gasteiger partial charge in [0.1, 0.15) is 23.0 Å². The van der Waals surface area contributed by atoms with E-state index < -0.39 is 0 Å². The van der Waals surface area contributed by atoms with E-state index in [9.17, 15) is 15.3 Å². The van der Waals surface area contributed by atoms with Crippen molar-refractivity contribution in [2.75, 3.05) is 7.11 Å². The van der Waals surface area contributed by atoms with E-state index in [1.807, 2.05) is 24.3 Å². The number of nitrogens with one attached hydrogen (secondary N) is 1. The third-order valence-electron chi connectivity index (χ3n) is 3.37. The topological polar surface area (TPSA) is 98.6 Å². The Morgan fingerprint density at radius 3 is 2.23 bits per heavy atom. The van der Waals surface area contributed by atoms with Crippen LogP contribution in [0.15, 0.2) is 42.6 Å². The summed E-state index contributed by atoms with van der Waals surface area (Å²) in [6, 6.07) is 9.63. The van der Waals surface area contributed by atoms with Crippen molar-refractivity contribution in [2.45, 2.75) is 0 Å². The van der Waals surface area contributed by atoms with E-state index in [0.29, 0.717) is 11.3 Å². The molecule has 0 aliphatic carbocycles. The van der Waals surface area contributed by atoms with Crippen LogP contribution in [0.1, 0.15) is 0 Å². The Morgan fingerprint density at radius 1 is 1.00 bits per heavy atom. The van der Waals surface area contributed by atoms with Crippen molar-refractivity contribution in [2.24, 2.45) is 0 Å². The third kappa shape index (κ3) is 2.31. The zero-order valence-electron chi connectivity index (χ0n) is 11.7. The first kappa shape index (κ1) is 13.8. The molecule has 1 aromatic heterocycles. The predicted octanol–water partition coefficient (Wildman–Crippen LogP) is 2.87. The summed E-state index contributed by atoms with van der Waals surface area (Å²) < 4.78 is 5.12. The van der Waals surface area contributed by atoms with Gasteiger partial charge in [-0.1, -0.05) is 12.1 Å². The summed E-state index contributed by atoms with van der Waals surface area (Å²) in [4.78, 5) is 0. The lowest BCUT2D eigenvalue weighted by Gasteiger charge is -2.09. The number of methoxy groups -OCH3 is 1. The summed E-state index contributed by atoms with van der Waals surface area (Å²) in [7, 11) is 1.59. The molecule has 3 aromatic rings. The smallest absolute Gasteiger partial charge is 0.132 e. The molecule has 6 nitrogen and oxygen atoms in total. The summed E-state index contributed by atoms with van der Waals surface area (Å²) in [5, 5.41) is 36.2. The van der Waals surface area contributed by atoms with E-state index in [0.717, 1.165) is 23.4 Å². The highest BCUT2D eigenvalue weighted by Gasteiger charge is 2.18. The second kappa shape index (κ2) is 5.33. The van der Waals surface area contributed by atoms with Crippen molar-refractivity contribution in [1.29, 1.82) is 0 Å². The van der Waals surface area contributed by atoms with E-state index in [4.69, 9.17) is 4.74 Å². The van der Waals surface area contributed by atoms with Crippen LogP contribution in [-0.2, 0) is 0 Å². The van der Waals surface area contributed by atoms with Crippen LogP contribution in [0.3, 0.4) is 0 Å². The summed E-state index contributed by atoms with van der Waals surface area (Å²) >= 11 is 0. The molecule has 0 radical (unpaired) electrons. The number of nitrogens with zero attached hydrogens (tertiary/aromatic N) is 1.